The van der Waals surface area contributed by atoms with Crippen molar-refractivity contribution in [3.63, 3.8) is 0 Å². The van der Waals surface area contributed by atoms with Gasteiger partial charge < -0.3 is 24.3 Å². The molecule has 1 saturated heterocycles. The minimum Gasteiger partial charge on any atom is -0.494 e. The van der Waals surface area contributed by atoms with E-state index < -0.39 is 0 Å². The summed E-state index contributed by atoms with van der Waals surface area (Å²) in [6, 6.07) is 17.6. The quantitative estimate of drug-likeness (QED) is 0.413. The fourth-order valence-electron chi connectivity index (χ4n) is 4.02. The number of hydrogen-bond acceptors (Lipinski definition) is 5. The monoisotopic (exact) mass is 450 g/mol. The molecule has 1 N–H and O–H groups in total. The lowest BCUT2D eigenvalue weighted by atomic mass is 10.0. The van der Waals surface area contributed by atoms with Crippen LogP contribution in [0.5, 0.6) is 5.75 Å². The summed E-state index contributed by atoms with van der Waals surface area (Å²) in [5.41, 5.74) is 2.95. The number of ether oxygens (including phenoxy) is 2. The van der Waals surface area contributed by atoms with Crippen LogP contribution in [0.15, 0.2) is 67.0 Å². The van der Waals surface area contributed by atoms with Gasteiger partial charge in [0.2, 0.25) is 0 Å². The number of carbonyl (C=O) groups is 1. The maximum atomic E-state index is 11.9. The Morgan fingerprint density at radius 1 is 1.16 bits per heavy atom. The number of nitrogens with one attached hydrogen (secondary N) is 1. The Labute approximate surface area is 193 Å². The van der Waals surface area contributed by atoms with Gasteiger partial charge in [0.15, 0.2) is 5.11 Å². The van der Waals surface area contributed by atoms with Gasteiger partial charge in [-0.2, -0.15) is 0 Å². The number of thiocarbonyl (C=S) groups is 1. The second-order valence-corrected chi connectivity index (χ2v) is 7.76. The zero-order valence-electron chi connectivity index (χ0n) is 18.1. The molecule has 32 heavy (non-hydrogen) atoms. The smallest absolute Gasteiger partial charge is 0.307 e. The Morgan fingerprint density at radius 2 is 1.97 bits per heavy atom. The number of rotatable bonds is 8. The Hall–Kier alpha value is -3.39. The first-order valence-corrected chi connectivity index (χ1v) is 11.0. The van der Waals surface area contributed by atoms with Gasteiger partial charge in [-0.3, -0.25) is 9.78 Å². The number of hydrogen-bond donors (Lipinski definition) is 1. The van der Waals surface area contributed by atoms with Crippen molar-refractivity contribution in [2.75, 3.05) is 20.3 Å². The predicted octanol–water partition coefficient (Wildman–Crippen LogP) is 3.81. The van der Waals surface area contributed by atoms with E-state index in [1.165, 1.54) is 7.11 Å². The van der Waals surface area contributed by atoms with Crippen molar-refractivity contribution in [1.82, 2.24) is 19.8 Å². The molecule has 0 unspecified atom stereocenters. The van der Waals surface area contributed by atoms with Crippen LogP contribution in [0.25, 0.3) is 5.69 Å². The second kappa shape index (κ2) is 9.82. The van der Waals surface area contributed by atoms with E-state index in [1.807, 2.05) is 66.6 Å². The van der Waals surface area contributed by atoms with Crippen molar-refractivity contribution in [2.24, 2.45) is 0 Å². The second-order valence-electron chi connectivity index (χ2n) is 7.38. The van der Waals surface area contributed by atoms with Crippen molar-refractivity contribution in [3.05, 3.63) is 78.4 Å². The SMILES string of the molecule is CCOc1ccc(-n2cccc2[C@H]2[C@@H](c3ccccn3)NC(=S)N2CCC(=O)OC)cc1. The number of carbonyl (C=O) groups excluding carboxylic acids is 1. The fourth-order valence-corrected chi connectivity index (χ4v) is 4.35. The molecule has 0 amide bonds. The summed E-state index contributed by atoms with van der Waals surface area (Å²) in [7, 11) is 1.40. The summed E-state index contributed by atoms with van der Waals surface area (Å²) in [4.78, 5) is 18.5. The van der Waals surface area contributed by atoms with Crippen LogP contribution in [-0.2, 0) is 9.53 Å². The van der Waals surface area contributed by atoms with Gasteiger partial charge in [0.25, 0.3) is 0 Å². The summed E-state index contributed by atoms with van der Waals surface area (Å²) in [6.07, 6.45) is 4.05. The molecule has 1 aromatic carbocycles. The van der Waals surface area contributed by atoms with Crippen LogP contribution in [0.4, 0.5) is 0 Å². The van der Waals surface area contributed by atoms with Gasteiger partial charge in [-0.25, -0.2) is 0 Å². The molecule has 3 heterocycles. The van der Waals surface area contributed by atoms with Gasteiger partial charge in [0.1, 0.15) is 5.75 Å². The summed E-state index contributed by atoms with van der Waals surface area (Å²) in [6.45, 7) is 3.04. The van der Waals surface area contributed by atoms with Crippen molar-refractivity contribution in [2.45, 2.75) is 25.4 Å². The Kier molecular flexibility index (Phi) is 6.70. The van der Waals surface area contributed by atoms with Crippen LogP contribution in [0.3, 0.4) is 0 Å². The van der Waals surface area contributed by atoms with E-state index in [-0.39, 0.29) is 24.5 Å². The first-order valence-electron chi connectivity index (χ1n) is 10.6. The fraction of sp³-hybridized carbons (Fsp3) is 0.292. The van der Waals surface area contributed by atoms with Crippen LogP contribution in [-0.4, -0.2) is 45.8 Å². The first-order chi connectivity index (χ1) is 15.6. The molecule has 7 nitrogen and oxygen atoms in total. The summed E-state index contributed by atoms with van der Waals surface area (Å²) < 4.78 is 12.6. The van der Waals surface area contributed by atoms with Crippen molar-refractivity contribution >= 4 is 23.3 Å². The molecule has 0 spiro atoms. The standard InChI is InChI=1S/C24H26N4O3S/c1-3-31-18-11-9-17(10-12-18)27-15-6-8-20(27)23-22(19-7-4-5-14-25-19)26-24(32)28(23)16-13-21(29)30-2/h4-12,14-15,22-23H,3,13,16H2,1-2H3,(H,26,32)/t22-,23+/m1/s1. The van der Waals surface area contributed by atoms with Gasteiger partial charge in [0.05, 0.1) is 37.9 Å². The molecule has 2 atom stereocenters. The van der Waals surface area contributed by atoms with Crippen LogP contribution in [0, 0.1) is 0 Å². The maximum absolute atomic E-state index is 11.9. The van der Waals surface area contributed by atoms with Crippen LogP contribution >= 0.6 is 12.2 Å². The minimum atomic E-state index is -0.269. The third-order valence-corrected chi connectivity index (χ3v) is 5.84. The molecule has 8 heteroatoms. The lowest BCUT2D eigenvalue weighted by Crippen LogP contribution is -2.32. The van der Waals surface area contributed by atoms with E-state index in [1.54, 1.807) is 6.20 Å². The number of pyridine rings is 1. The Bertz CT molecular complexity index is 1070. The Balaban J connectivity index is 1.72. The predicted molar refractivity (Wildman–Crippen MR) is 126 cm³/mol. The molecule has 4 rings (SSSR count). The molecule has 166 valence electrons. The molecule has 0 saturated carbocycles. The van der Waals surface area contributed by atoms with Crippen LogP contribution in [0.1, 0.15) is 36.8 Å². The molecule has 0 bridgehead atoms. The van der Waals surface area contributed by atoms with E-state index in [2.05, 4.69) is 20.9 Å². The van der Waals surface area contributed by atoms with E-state index in [4.69, 9.17) is 21.7 Å². The van der Waals surface area contributed by atoms with Gasteiger partial charge >= 0.3 is 5.97 Å². The summed E-state index contributed by atoms with van der Waals surface area (Å²) >= 11 is 5.67. The molecular weight excluding hydrogens is 424 g/mol. The third-order valence-electron chi connectivity index (χ3n) is 5.49. The average Bonchev–Trinajstić information content (AvgIpc) is 3.43. The summed E-state index contributed by atoms with van der Waals surface area (Å²) in [5, 5.41) is 4.01. The third kappa shape index (κ3) is 4.45. The Morgan fingerprint density at radius 3 is 2.66 bits per heavy atom. The zero-order chi connectivity index (χ0) is 22.5. The number of nitrogens with zero attached hydrogens (tertiary/aromatic N) is 3. The van der Waals surface area contributed by atoms with Gasteiger partial charge in [-0.15, -0.1) is 0 Å². The molecule has 1 aliphatic rings. The molecule has 0 aliphatic carbocycles. The first kappa shape index (κ1) is 21.8. The van der Waals surface area contributed by atoms with Gasteiger partial charge in [0, 0.05) is 30.3 Å². The highest BCUT2D eigenvalue weighted by atomic mass is 32.1. The molecule has 1 fully saturated rings. The van der Waals surface area contributed by atoms with E-state index >= 15 is 0 Å². The average molecular weight is 451 g/mol. The van der Waals surface area contributed by atoms with Crippen LogP contribution < -0.4 is 10.1 Å². The van der Waals surface area contributed by atoms with E-state index in [0.29, 0.717) is 18.3 Å². The molecule has 0 radical (unpaired) electrons. The topological polar surface area (TPSA) is 68.6 Å². The number of esters is 1. The van der Waals surface area contributed by atoms with Crippen molar-refractivity contribution < 1.29 is 14.3 Å². The molecule has 3 aromatic rings. The largest absolute Gasteiger partial charge is 0.494 e. The van der Waals surface area contributed by atoms with E-state index in [0.717, 1.165) is 22.8 Å². The van der Waals surface area contributed by atoms with Gasteiger partial charge in [-0.1, -0.05) is 6.07 Å². The highest BCUT2D eigenvalue weighted by Gasteiger charge is 2.41. The number of aromatic nitrogens is 2. The normalized spacial score (nSPS) is 17.8. The van der Waals surface area contributed by atoms with Gasteiger partial charge in [-0.05, 0) is 67.7 Å². The molecular formula is C24H26N4O3S. The number of methoxy groups -OCH3 is 1. The lowest BCUT2D eigenvalue weighted by Gasteiger charge is -2.28. The minimum absolute atomic E-state index is 0.149. The van der Waals surface area contributed by atoms with Crippen LogP contribution in [0.2, 0.25) is 0 Å². The lowest BCUT2D eigenvalue weighted by molar-refractivity contribution is -0.140. The highest BCUT2D eigenvalue weighted by molar-refractivity contribution is 7.80. The van der Waals surface area contributed by atoms with E-state index in [9.17, 15) is 4.79 Å². The maximum Gasteiger partial charge on any atom is 0.307 e. The molecule has 1 aliphatic heterocycles. The van der Waals surface area contributed by atoms with Crippen molar-refractivity contribution in [1.29, 1.82) is 0 Å². The highest BCUT2D eigenvalue weighted by Crippen LogP contribution is 2.39. The number of benzene rings is 1. The summed E-state index contributed by atoms with van der Waals surface area (Å²) in [5.74, 6) is 0.564. The molecule has 2 aromatic heterocycles. The van der Waals surface area contributed by atoms with Crippen molar-refractivity contribution in [3.8, 4) is 11.4 Å². The zero-order valence-corrected chi connectivity index (χ0v) is 18.9.